The lowest BCUT2D eigenvalue weighted by Gasteiger charge is -2.18. The number of benzene rings is 1. The van der Waals surface area contributed by atoms with Crippen LogP contribution in [0.3, 0.4) is 0 Å². The smallest absolute Gasteiger partial charge is 0.253 e. The van der Waals surface area contributed by atoms with E-state index in [0.717, 1.165) is 18.7 Å². The lowest BCUT2D eigenvalue weighted by molar-refractivity contribution is 0.0773. The zero-order chi connectivity index (χ0) is 16.3. The van der Waals surface area contributed by atoms with Crippen molar-refractivity contribution in [2.45, 2.75) is 40.0 Å². The second kappa shape index (κ2) is 6.66. The lowest BCUT2D eigenvalue weighted by atomic mass is 9.95. The largest absolute Gasteiger partial charge is 0.339 e. The molecule has 2 aromatic rings. The van der Waals surface area contributed by atoms with Gasteiger partial charge in [0, 0.05) is 28.4 Å². The zero-order valence-electron chi connectivity index (χ0n) is 14.1. The molecule has 0 fully saturated rings. The van der Waals surface area contributed by atoms with Crippen molar-refractivity contribution < 1.29 is 4.79 Å². The summed E-state index contributed by atoms with van der Waals surface area (Å²) in [6, 6.07) is 12.4. The highest BCUT2D eigenvalue weighted by Gasteiger charge is 2.17. The maximum atomic E-state index is 12.3. The van der Waals surface area contributed by atoms with Crippen molar-refractivity contribution in [2.75, 3.05) is 13.1 Å². The predicted octanol–water partition coefficient (Wildman–Crippen LogP) is 5.19. The van der Waals surface area contributed by atoms with Crippen molar-refractivity contribution in [3.63, 3.8) is 0 Å². The van der Waals surface area contributed by atoms with Crippen LogP contribution in [0.5, 0.6) is 0 Å². The topological polar surface area (TPSA) is 20.3 Å². The summed E-state index contributed by atoms with van der Waals surface area (Å²) in [4.78, 5) is 16.8. The highest BCUT2D eigenvalue weighted by Crippen LogP contribution is 2.35. The Hall–Kier alpha value is -1.61. The molecule has 118 valence electrons. The Balaban J connectivity index is 2.22. The van der Waals surface area contributed by atoms with Crippen LogP contribution in [0.2, 0.25) is 0 Å². The third kappa shape index (κ3) is 3.58. The number of rotatable bonds is 4. The van der Waals surface area contributed by atoms with Crippen LogP contribution in [-0.2, 0) is 5.41 Å². The third-order valence-corrected chi connectivity index (χ3v) is 5.37. The summed E-state index contributed by atoms with van der Waals surface area (Å²) in [6.07, 6.45) is 0. The molecule has 3 heteroatoms. The third-order valence-electron chi connectivity index (χ3n) is 3.81. The van der Waals surface area contributed by atoms with Crippen LogP contribution in [-0.4, -0.2) is 23.9 Å². The fourth-order valence-electron chi connectivity index (χ4n) is 2.37. The molecule has 2 rings (SSSR count). The van der Waals surface area contributed by atoms with Gasteiger partial charge in [-0.25, -0.2) is 0 Å². The summed E-state index contributed by atoms with van der Waals surface area (Å²) in [7, 11) is 0. The number of hydrogen-bond donors (Lipinski definition) is 0. The van der Waals surface area contributed by atoms with Crippen LogP contribution in [0.1, 0.15) is 49.9 Å². The molecule has 0 N–H and O–H groups in total. The van der Waals surface area contributed by atoms with Crippen LogP contribution in [0.15, 0.2) is 36.4 Å². The Morgan fingerprint density at radius 3 is 2.05 bits per heavy atom. The average molecular weight is 315 g/mol. The van der Waals surface area contributed by atoms with Gasteiger partial charge in [0.15, 0.2) is 0 Å². The number of carbonyl (C=O) groups is 1. The Labute approximate surface area is 137 Å². The second-order valence-corrected chi connectivity index (χ2v) is 7.55. The highest BCUT2D eigenvalue weighted by atomic mass is 32.1. The highest BCUT2D eigenvalue weighted by molar-refractivity contribution is 7.15. The van der Waals surface area contributed by atoms with Crippen LogP contribution < -0.4 is 0 Å². The molecule has 1 aromatic carbocycles. The molecule has 0 aliphatic heterocycles. The summed E-state index contributed by atoms with van der Waals surface area (Å²) in [5, 5.41) is 0. The summed E-state index contributed by atoms with van der Waals surface area (Å²) in [5.41, 5.74) is 2.12. The first-order valence-electron chi connectivity index (χ1n) is 7.86. The fourth-order valence-corrected chi connectivity index (χ4v) is 3.44. The summed E-state index contributed by atoms with van der Waals surface area (Å²) >= 11 is 1.83. The van der Waals surface area contributed by atoms with E-state index in [1.807, 2.05) is 42.2 Å². The van der Waals surface area contributed by atoms with Gasteiger partial charge in [0.05, 0.1) is 0 Å². The van der Waals surface area contributed by atoms with Gasteiger partial charge in [-0.3, -0.25) is 4.79 Å². The maximum absolute atomic E-state index is 12.3. The molecule has 1 heterocycles. The first-order chi connectivity index (χ1) is 10.4. The van der Waals surface area contributed by atoms with Gasteiger partial charge in [-0.05, 0) is 49.1 Å². The normalized spacial score (nSPS) is 11.5. The van der Waals surface area contributed by atoms with Crippen molar-refractivity contribution >= 4 is 17.2 Å². The van der Waals surface area contributed by atoms with Crippen molar-refractivity contribution in [3.05, 3.63) is 46.8 Å². The molecular formula is C19H25NOS. The summed E-state index contributed by atoms with van der Waals surface area (Å²) in [5.74, 6) is 0.109. The van der Waals surface area contributed by atoms with E-state index >= 15 is 0 Å². The number of carbonyl (C=O) groups excluding carboxylic acids is 1. The van der Waals surface area contributed by atoms with Gasteiger partial charge in [-0.2, -0.15) is 0 Å². The van der Waals surface area contributed by atoms with E-state index in [-0.39, 0.29) is 11.3 Å². The molecule has 0 unspecified atom stereocenters. The van der Waals surface area contributed by atoms with Gasteiger partial charge >= 0.3 is 0 Å². The molecule has 1 aromatic heterocycles. The molecule has 0 aliphatic rings. The van der Waals surface area contributed by atoms with E-state index in [4.69, 9.17) is 0 Å². The van der Waals surface area contributed by atoms with Gasteiger partial charge in [-0.1, -0.05) is 32.9 Å². The fraction of sp³-hybridized carbons (Fsp3) is 0.421. The van der Waals surface area contributed by atoms with Crippen molar-refractivity contribution in [2.24, 2.45) is 0 Å². The van der Waals surface area contributed by atoms with Crippen molar-refractivity contribution in [3.8, 4) is 10.4 Å². The molecule has 0 atom stereocenters. The summed E-state index contributed by atoms with van der Waals surface area (Å²) < 4.78 is 0. The SMILES string of the molecule is CCN(CC)C(=O)c1ccc(-c2ccc(C(C)(C)C)s2)cc1. The van der Waals surface area contributed by atoms with Gasteiger partial charge in [-0.15, -0.1) is 11.3 Å². The minimum Gasteiger partial charge on any atom is -0.339 e. The molecule has 0 saturated carbocycles. The molecule has 1 amide bonds. The Morgan fingerprint density at radius 1 is 1.00 bits per heavy atom. The molecule has 0 radical (unpaired) electrons. The number of thiophene rings is 1. The first kappa shape index (κ1) is 16.8. The van der Waals surface area contributed by atoms with E-state index in [1.54, 1.807) is 0 Å². The minimum atomic E-state index is 0.109. The molecule has 0 aliphatic carbocycles. The van der Waals surface area contributed by atoms with Gasteiger partial charge < -0.3 is 4.90 Å². The van der Waals surface area contributed by atoms with Crippen LogP contribution in [0.4, 0.5) is 0 Å². The Bertz CT molecular complexity index is 630. The monoisotopic (exact) mass is 315 g/mol. The summed E-state index contributed by atoms with van der Waals surface area (Å²) in [6.45, 7) is 12.2. The molecule has 0 spiro atoms. The minimum absolute atomic E-state index is 0.109. The maximum Gasteiger partial charge on any atom is 0.253 e. The Kier molecular flexibility index (Phi) is 5.07. The molecule has 22 heavy (non-hydrogen) atoms. The van der Waals surface area contributed by atoms with E-state index in [9.17, 15) is 4.79 Å². The van der Waals surface area contributed by atoms with Crippen LogP contribution in [0, 0.1) is 0 Å². The van der Waals surface area contributed by atoms with Crippen molar-refractivity contribution in [1.29, 1.82) is 0 Å². The standard InChI is InChI=1S/C19H25NOS/c1-6-20(7-2)18(21)15-10-8-14(9-11-15)16-12-13-17(22-16)19(3,4)5/h8-13H,6-7H2,1-5H3. The molecule has 0 saturated heterocycles. The van der Waals surface area contributed by atoms with Gasteiger partial charge in [0.1, 0.15) is 0 Å². The lowest BCUT2D eigenvalue weighted by Crippen LogP contribution is -2.30. The average Bonchev–Trinajstić information content (AvgIpc) is 2.98. The second-order valence-electron chi connectivity index (χ2n) is 6.47. The zero-order valence-corrected chi connectivity index (χ0v) is 15.0. The first-order valence-corrected chi connectivity index (χ1v) is 8.68. The van der Waals surface area contributed by atoms with E-state index in [2.05, 4.69) is 45.0 Å². The predicted molar refractivity (Wildman–Crippen MR) is 95.7 cm³/mol. The van der Waals surface area contributed by atoms with E-state index in [1.165, 1.54) is 15.3 Å². The van der Waals surface area contributed by atoms with Gasteiger partial charge in [0.25, 0.3) is 5.91 Å². The van der Waals surface area contributed by atoms with Crippen LogP contribution in [0.25, 0.3) is 10.4 Å². The molecule has 0 bridgehead atoms. The van der Waals surface area contributed by atoms with Gasteiger partial charge in [0.2, 0.25) is 0 Å². The molecular weight excluding hydrogens is 290 g/mol. The quantitative estimate of drug-likeness (QED) is 0.760. The van der Waals surface area contributed by atoms with Crippen molar-refractivity contribution in [1.82, 2.24) is 4.90 Å². The number of amides is 1. The van der Waals surface area contributed by atoms with E-state index < -0.39 is 0 Å². The number of hydrogen-bond acceptors (Lipinski definition) is 2. The van der Waals surface area contributed by atoms with Crippen LogP contribution >= 0.6 is 11.3 Å². The van der Waals surface area contributed by atoms with E-state index in [0.29, 0.717) is 0 Å². The Morgan fingerprint density at radius 2 is 1.59 bits per heavy atom. The number of nitrogens with zero attached hydrogens (tertiary/aromatic N) is 1. The molecule has 2 nitrogen and oxygen atoms in total.